The number of rotatable bonds is 3. The summed E-state index contributed by atoms with van der Waals surface area (Å²) < 4.78 is 0. The molecule has 0 saturated carbocycles. The molecule has 0 spiro atoms. The molecule has 0 aromatic heterocycles. The third kappa shape index (κ3) is 2.21. The van der Waals surface area contributed by atoms with Crippen LogP contribution in [0.4, 0.5) is 0 Å². The van der Waals surface area contributed by atoms with Gasteiger partial charge in [-0.25, -0.2) is 4.79 Å². The molecule has 16 heavy (non-hydrogen) atoms. The monoisotopic (exact) mass is 222 g/mol. The highest BCUT2D eigenvalue weighted by Crippen LogP contribution is 2.30. The first-order chi connectivity index (χ1) is 7.49. The van der Waals surface area contributed by atoms with Gasteiger partial charge in [0.25, 0.3) is 0 Å². The summed E-state index contributed by atoms with van der Waals surface area (Å²) in [6, 6.07) is 0. The Hall–Kier alpha value is -1.84. The van der Waals surface area contributed by atoms with E-state index >= 15 is 0 Å². The van der Waals surface area contributed by atoms with Crippen LogP contribution in [0.1, 0.15) is 20.3 Å². The van der Waals surface area contributed by atoms with E-state index in [0.29, 0.717) is 11.1 Å². The molecule has 1 rings (SSSR count). The summed E-state index contributed by atoms with van der Waals surface area (Å²) in [6.07, 6.45) is 5.55. The third-order valence-electron chi connectivity index (χ3n) is 2.55. The van der Waals surface area contributed by atoms with Gasteiger partial charge in [0.15, 0.2) is 0 Å². The zero-order valence-corrected chi connectivity index (χ0v) is 9.23. The average molecular weight is 222 g/mol. The maximum absolute atomic E-state index is 11.1. The van der Waals surface area contributed by atoms with Crippen LogP contribution in [-0.2, 0) is 9.59 Å². The molecule has 0 aromatic rings. The van der Waals surface area contributed by atoms with Crippen molar-refractivity contribution in [1.29, 1.82) is 0 Å². The first kappa shape index (κ1) is 12.2. The van der Waals surface area contributed by atoms with Crippen molar-refractivity contribution in [2.45, 2.75) is 20.3 Å². The second-order valence-electron chi connectivity index (χ2n) is 3.62. The smallest absolute Gasteiger partial charge is 0.335 e. The van der Waals surface area contributed by atoms with Gasteiger partial charge < -0.3 is 10.2 Å². The van der Waals surface area contributed by atoms with Crippen LogP contribution < -0.4 is 0 Å². The van der Waals surface area contributed by atoms with Crippen LogP contribution in [0, 0.1) is 5.92 Å². The van der Waals surface area contributed by atoms with Crippen molar-refractivity contribution in [2.24, 2.45) is 5.92 Å². The largest absolute Gasteiger partial charge is 0.481 e. The Bertz CT molecular complexity index is 413. The topological polar surface area (TPSA) is 74.6 Å². The van der Waals surface area contributed by atoms with E-state index in [2.05, 4.69) is 0 Å². The van der Waals surface area contributed by atoms with Crippen molar-refractivity contribution in [1.82, 2.24) is 0 Å². The predicted octanol–water partition coefficient (Wildman–Crippen LogP) is 1.99. The molecular formula is C12H14O4. The number of carboxylic acids is 2. The molecule has 86 valence electrons. The Kier molecular flexibility index (Phi) is 3.66. The van der Waals surface area contributed by atoms with Crippen molar-refractivity contribution in [3.63, 3.8) is 0 Å². The zero-order valence-electron chi connectivity index (χ0n) is 9.23. The van der Waals surface area contributed by atoms with Crippen molar-refractivity contribution < 1.29 is 19.8 Å². The highest BCUT2D eigenvalue weighted by molar-refractivity contribution is 5.94. The number of allylic oxidation sites excluding steroid dienone is 2. The van der Waals surface area contributed by atoms with Gasteiger partial charge in [-0.2, -0.15) is 0 Å². The van der Waals surface area contributed by atoms with Crippen LogP contribution >= 0.6 is 0 Å². The van der Waals surface area contributed by atoms with Crippen LogP contribution in [0.25, 0.3) is 0 Å². The Labute approximate surface area is 93.6 Å². The molecule has 0 saturated heterocycles. The summed E-state index contributed by atoms with van der Waals surface area (Å²) in [4.78, 5) is 22.0. The fraction of sp³-hybridized carbons (Fsp3) is 0.333. The lowest BCUT2D eigenvalue weighted by atomic mass is 9.83. The maximum atomic E-state index is 11.1. The van der Waals surface area contributed by atoms with Crippen LogP contribution in [0.3, 0.4) is 0 Å². The summed E-state index contributed by atoms with van der Waals surface area (Å²) in [5.74, 6) is -2.94. The number of carbonyl (C=O) groups is 2. The van der Waals surface area contributed by atoms with E-state index in [4.69, 9.17) is 10.2 Å². The van der Waals surface area contributed by atoms with Crippen LogP contribution in [-0.4, -0.2) is 22.2 Å². The zero-order chi connectivity index (χ0) is 12.3. The fourth-order valence-corrected chi connectivity index (χ4v) is 1.80. The molecule has 1 unspecified atom stereocenters. The van der Waals surface area contributed by atoms with E-state index in [0.717, 1.165) is 6.42 Å². The highest BCUT2D eigenvalue weighted by atomic mass is 16.4. The summed E-state index contributed by atoms with van der Waals surface area (Å²) in [6.45, 7) is 3.46. The van der Waals surface area contributed by atoms with Gasteiger partial charge in [-0.15, -0.1) is 0 Å². The molecule has 4 nitrogen and oxygen atoms in total. The number of hydrogen-bond donors (Lipinski definition) is 2. The van der Waals surface area contributed by atoms with Gasteiger partial charge in [-0.1, -0.05) is 19.1 Å². The molecule has 2 N–H and O–H groups in total. The Balaban J connectivity index is 3.24. The van der Waals surface area contributed by atoms with E-state index in [-0.39, 0.29) is 5.57 Å². The second-order valence-corrected chi connectivity index (χ2v) is 3.62. The number of aliphatic carboxylic acids is 2. The van der Waals surface area contributed by atoms with Crippen molar-refractivity contribution in [3.8, 4) is 0 Å². The standard InChI is InChI=1S/C12H14O4/c1-3-4-8-5-6-9(11(13)14)7(2)10(8)12(15)16/h4-6,10H,3H2,1-2H3,(H,13,14)(H,15,16). The Morgan fingerprint density at radius 2 is 2.00 bits per heavy atom. The lowest BCUT2D eigenvalue weighted by Gasteiger charge is -2.20. The molecule has 0 aliphatic heterocycles. The molecule has 4 heteroatoms. The average Bonchev–Trinajstić information content (AvgIpc) is 2.17. The molecule has 0 heterocycles. The number of carboxylic acid groups (broad SMARTS) is 2. The van der Waals surface area contributed by atoms with Crippen LogP contribution in [0.2, 0.25) is 0 Å². The lowest BCUT2D eigenvalue weighted by molar-refractivity contribution is -0.139. The van der Waals surface area contributed by atoms with Crippen LogP contribution in [0.5, 0.6) is 0 Å². The highest BCUT2D eigenvalue weighted by Gasteiger charge is 2.29. The van der Waals surface area contributed by atoms with Gasteiger partial charge in [-0.05, 0) is 30.6 Å². The molecule has 1 aliphatic carbocycles. The lowest BCUT2D eigenvalue weighted by Crippen LogP contribution is -2.22. The first-order valence-electron chi connectivity index (χ1n) is 5.04. The van der Waals surface area contributed by atoms with Crippen LogP contribution in [0.15, 0.2) is 34.9 Å². The minimum absolute atomic E-state index is 0.0700. The fourth-order valence-electron chi connectivity index (χ4n) is 1.80. The van der Waals surface area contributed by atoms with Gasteiger partial charge >= 0.3 is 11.9 Å². The summed E-state index contributed by atoms with van der Waals surface area (Å²) >= 11 is 0. The molecule has 0 amide bonds. The van der Waals surface area contributed by atoms with Gasteiger partial charge in [-0.3, -0.25) is 4.79 Å². The molecular weight excluding hydrogens is 208 g/mol. The first-order valence-corrected chi connectivity index (χ1v) is 5.04. The molecule has 0 fully saturated rings. The van der Waals surface area contributed by atoms with Crippen molar-refractivity contribution in [2.75, 3.05) is 0 Å². The Morgan fingerprint density at radius 1 is 1.38 bits per heavy atom. The summed E-state index contributed by atoms with van der Waals surface area (Å²) in [7, 11) is 0. The van der Waals surface area contributed by atoms with E-state index < -0.39 is 17.9 Å². The van der Waals surface area contributed by atoms with Gasteiger partial charge in [0.05, 0.1) is 5.57 Å². The van der Waals surface area contributed by atoms with Crippen molar-refractivity contribution >= 4 is 11.9 Å². The third-order valence-corrected chi connectivity index (χ3v) is 2.55. The molecule has 1 atom stereocenters. The van der Waals surface area contributed by atoms with E-state index in [1.165, 1.54) is 6.08 Å². The quantitative estimate of drug-likeness (QED) is 0.765. The Morgan fingerprint density at radius 3 is 2.44 bits per heavy atom. The number of hydrogen-bond acceptors (Lipinski definition) is 2. The predicted molar refractivity (Wildman–Crippen MR) is 59.0 cm³/mol. The van der Waals surface area contributed by atoms with E-state index in [9.17, 15) is 9.59 Å². The normalized spacial score (nSPS) is 22.6. The summed E-state index contributed by atoms with van der Waals surface area (Å²) in [5.41, 5.74) is 1.10. The minimum atomic E-state index is -1.09. The second kappa shape index (κ2) is 4.79. The SMILES string of the molecule is CCC=C1C=CC(C(=O)O)=C(C)C1C(=O)O. The molecule has 0 aromatic carbocycles. The van der Waals surface area contributed by atoms with Gasteiger partial charge in [0.1, 0.15) is 5.92 Å². The van der Waals surface area contributed by atoms with Crippen molar-refractivity contribution in [3.05, 3.63) is 34.9 Å². The van der Waals surface area contributed by atoms with Gasteiger partial charge in [0.2, 0.25) is 0 Å². The minimum Gasteiger partial charge on any atom is -0.481 e. The van der Waals surface area contributed by atoms with E-state index in [1.54, 1.807) is 19.1 Å². The van der Waals surface area contributed by atoms with Gasteiger partial charge in [0, 0.05) is 0 Å². The summed E-state index contributed by atoms with van der Waals surface area (Å²) in [5, 5.41) is 18.0. The molecule has 0 bridgehead atoms. The maximum Gasteiger partial charge on any atom is 0.335 e. The molecule has 1 aliphatic rings. The molecule has 0 radical (unpaired) electrons. The van der Waals surface area contributed by atoms with E-state index in [1.807, 2.05) is 6.92 Å².